The molecule has 0 saturated heterocycles. The molecule has 0 amide bonds. The maximum atomic E-state index is 8.92. The van der Waals surface area contributed by atoms with Crippen LogP contribution >= 0.6 is 0 Å². The van der Waals surface area contributed by atoms with Gasteiger partial charge in [0, 0.05) is 12.4 Å². The Bertz CT molecular complexity index is 261. The van der Waals surface area contributed by atoms with Crippen molar-refractivity contribution in [2.75, 3.05) is 0 Å². The van der Waals surface area contributed by atoms with Gasteiger partial charge in [-0.15, -0.1) is 0 Å². The third-order valence-corrected chi connectivity index (χ3v) is 1.22. The first-order chi connectivity index (χ1) is 5.33. The molecule has 0 heterocycles. The summed E-state index contributed by atoms with van der Waals surface area (Å²) in [4.78, 5) is 3.83. The minimum atomic E-state index is 0.265. The van der Waals surface area contributed by atoms with Gasteiger partial charge in [0.2, 0.25) is 0 Å². The Morgan fingerprint density at radius 3 is 2.45 bits per heavy atom. The fourth-order valence-electron chi connectivity index (χ4n) is 0.699. The summed E-state index contributed by atoms with van der Waals surface area (Å²) in [5.74, 6) is 0.265. The Balaban J connectivity index is 2.81. The zero-order valence-electron chi connectivity index (χ0n) is 6.07. The molecule has 0 saturated carbocycles. The first-order valence-electron chi connectivity index (χ1n) is 3.26. The highest BCUT2D eigenvalue weighted by Crippen LogP contribution is 2.07. The lowest BCUT2D eigenvalue weighted by atomic mass is 10.2. The minimum Gasteiger partial charge on any atom is -0.508 e. The highest BCUT2D eigenvalue weighted by Gasteiger charge is 1.86. The van der Waals surface area contributed by atoms with Gasteiger partial charge in [0.15, 0.2) is 0 Å². The third kappa shape index (κ3) is 2.26. The normalized spacial score (nSPS) is 10.2. The number of rotatable bonds is 2. The van der Waals surface area contributed by atoms with Gasteiger partial charge in [-0.2, -0.15) is 0 Å². The van der Waals surface area contributed by atoms with Gasteiger partial charge in [-0.05, 0) is 29.8 Å². The molecule has 0 aromatic heterocycles. The minimum absolute atomic E-state index is 0.265. The molecule has 0 bridgehead atoms. The van der Waals surface area contributed by atoms with Crippen molar-refractivity contribution in [1.29, 1.82) is 0 Å². The Labute approximate surface area is 65.5 Å². The van der Waals surface area contributed by atoms with Crippen molar-refractivity contribution in [1.82, 2.24) is 0 Å². The highest BCUT2D eigenvalue weighted by molar-refractivity contribution is 5.80. The van der Waals surface area contributed by atoms with Gasteiger partial charge < -0.3 is 5.11 Å². The van der Waals surface area contributed by atoms with Crippen LogP contribution in [0, 0.1) is 0 Å². The fourth-order valence-corrected chi connectivity index (χ4v) is 0.699. The molecule has 56 valence electrons. The van der Waals surface area contributed by atoms with Gasteiger partial charge in [0.25, 0.3) is 0 Å². The lowest BCUT2D eigenvalue weighted by molar-refractivity contribution is 0.475. The summed E-state index contributed by atoms with van der Waals surface area (Å²) in [6, 6.07) is 6.79. The number of benzene rings is 1. The second-order valence-corrected chi connectivity index (χ2v) is 2.05. The zero-order valence-corrected chi connectivity index (χ0v) is 6.07. The molecule has 2 heteroatoms. The van der Waals surface area contributed by atoms with E-state index in [1.807, 2.05) is 0 Å². The average Bonchev–Trinajstić information content (AvgIpc) is 2.04. The maximum absolute atomic E-state index is 8.92. The summed E-state index contributed by atoms with van der Waals surface area (Å²) in [7, 11) is 0. The number of hydrogen-bond donors (Lipinski definition) is 1. The van der Waals surface area contributed by atoms with Crippen molar-refractivity contribution < 1.29 is 5.11 Å². The number of aliphatic imine (C=N–C) groups is 1. The van der Waals surface area contributed by atoms with Crippen molar-refractivity contribution in [2.24, 2.45) is 4.99 Å². The van der Waals surface area contributed by atoms with Gasteiger partial charge in [0.05, 0.1) is 0 Å². The van der Waals surface area contributed by atoms with E-state index in [9.17, 15) is 0 Å². The van der Waals surface area contributed by atoms with Crippen LogP contribution in [0.2, 0.25) is 0 Å². The van der Waals surface area contributed by atoms with E-state index in [0.29, 0.717) is 0 Å². The van der Waals surface area contributed by atoms with E-state index in [4.69, 9.17) is 5.11 Å². The molecule has 1 N–H and O–H groups in total. The van der Waals surface area contributed by atoms with Crippen molar-refractivity contribution in [2.45, 2.75) is 0 Å². The van der Waals surface area contributed by atoms with Crippen LogP contribution in [-0.2, 0) is 0 Å². The first-order valence-corrected chi connectivity index (χ1v) is 3.26. The van der Waals surface area contributed by atoms with E-state index in [-0.39, 0.29) is 5.75 Å². The van der Waals surface area contributed by atoms with E-state index < -0.39 is 0 Å². The molecule has 0 radical (unpaired) electrons. The van der Waals surface area contributed by atoms with E-state index in [0.717, 1.165) is 5.56 Å². The topological polar surface area (TPSA) is 32.6 Å². The number of hydrogen-bond acceptors (Lipinski definition) is 2. The monoisotopic (exact) mass is 147 g/mol. The first kappa shape index (κ1) is 7.54. The Morgan fingerprint density at radius 2 is 1.91 bits per heavy atom. The summed E-state index contributed by atoms with van der Waals surface area (Å²) >= 11 is 0. The number of phenolic OH excluding ortho intramolecular Hbond substituents is 1. The SMILES string of the molecule is C=CN=Cc1ccc(O)cc1. The molecular weight excluding hydrogens is 138 g/mol. The maximum Gasteiger partial charge on any atom is 0.115 e. The van der Waals surface area contributed by atoms with Crippen LogP contribution in [0.25, 0.3) is 0 Å². The van der Waals surface area contributed by atoms with Crippen LogP contribution in [0.4, 0.5) is 0 Å². The van der Waals surface area contributed by atoms with Gasteiger partial charge in [-0.25, -0.2) is 0 Å². The van der Waals surface area contributed by atoms with E-state index in [2.05, 4.69) is 11.6 Å². The van der Waals surface area contributed by atoms with Crippen molar-refractivity contribution in [3.63, 3.8) is 0 Å². The molecular formula is C9H9NO. The van der Waals surface area contributed by atoms with E-state index in [1.54, 1.807) is 30.5 Å². The molecule has 0 fully saturated rings. The Hall–Kier alpha value is -1.57. The Morgan fingerprint density at radius 1 is 1.27 bits per heavy atom. The summed E-state index contributed by atoms with van der Waals surface area (Å²) in [5, 5.41) is 8.92. The van der Waals surface area contributed by atoms with Crippen LogP contribution in [-0.4, -0.2) is 11.3 Å². The molecule has 2 nitrogen and oxygen atoms in total. The molecule has 11 heavy (non-hydrogen) atoms. The van der Waals surface area contributed by atoms with Crippen molar-refractivity contribution >= 4 is 6.21 Å². The summed E-state index contributed by atoms with van der Waals surface area (Å²) in [6.45, 7) is 3.45. The van der Waals surface area contributed by atoms with E-state index >= 15 is 0 Å². The standard InChI is InChI=1S/C9H9NO/c1-2-10-7-8-3-5-9(11)6-4-8/h2-7,11H,1H2. The molecule has 0 atom stereocenters. The van der Waals surface area contributed by atoms with Gasteiger partial charge >= 0.3 is 0 Å². The van der Waals surface area contributed by atoms with Gasteiger partial charge in [0.1, 0.15) is 5.75 Å². The third-order valence-electron chi connectivity index (χ3n) is 1.22. The predicted octanol–water partition coefficient (Wildman–Crippen LogP) is 1.95. The quantitative estimate of drug-likeness (QED) is 0.637. The summed E-state index contributed by atoms with van der Waals surface area (Å²) in [5.41, 5.74) is 0.947. The predicted molar refractivity (Wildman–Crippen MR) is 45.9 cm³/mol. The Kier molecular flexibility index (Phi) is 2.44. The molecule has 1 aromatic carbocycles. The fraction of sp³-hybridized carbons (Fsp3) is 0. The number of nitrogens with zero attached hydrogens (tertiary/aromatic N) is 1. The number of aromatic hydroxyl groups is 1. The van der Waals surface area contributed by atoms with Gasteiger partial charge in [-0.3, -0.25) is 4.99 Å². The lowest BCUT2D eigenvalue weighted by Gasteiger charge is -1.91. The van der Waals surface area contributed by atoms with Crippen molar-refractivity contribution in [3.05, 3.63) is 42.6 Å². The second-order valence-electron chi connectivity index (χ2n) is 2.05. The smallest absolute Gasteiger partial charge is 0.115 e. The average molecular weight is 147 g/mol. The van der Waals surface area contributed by atoms with Crippen LogP contribution in [0.1, 0.15) is 5.56 Å². The molecule has 0 aliphatic rings. The molecule has 0 aliphatic heterocycles. The van der Waals surface area contributed by atoms with Crippen molar-refractivity contribution in [3.8, 4) is 5.75 Å². The van der Waals surface area contributed by atoms with E-state index in [1.165, 1.54) is 6.20 Å². The van der Waals surface area contributed by atoms with Crippen LogP contribution < -0.4 is 0 Å². The summed E-state index contributed by atoms with van der Waals surface area (Å²) in [6.07, 6.45) is 3.14. The zero-order chi connectivity index (χ0) is 8.10. The highest BCUT2D eigenvalue weighted by atomic mass is 16.3. The molecule has 0 unspecified atom stereocenters. The second kappa shape index (κ2) is 3.56. The molecule has 1 rings (SSSR count). The van der Waals surface area contributed by atoms with Crippen LogP contribution in [0.15, 0.2) is 42.0 Å². The largest absolute Gasteiger partial charge is 0.508 e. The number of phenols is 1. The lowest BCUT2D eigenvalue weighted by Crippen LogP contribution is -1.77. The van der Waals surface area contributed by atoms with Gasteiger partial charge in [-0.1, -0.05) is 6.58 Å². The molecule has 0 spiro atoms. The van der Waals surface area contributed by atoms with Crippen LogP contribution in [0.5, 0.6) is 5.75 Å². The molecule has 1 aromatic rings. The van der Waals surface area contributed by atoms with Crippen LogP contribution in [0.3, 0.4) is 0 Å². The molecule has 0 aliphatic carbocycles. The summed E-state index contributed by atoms with van der Waals surface area (Å²) < 4.78 is 0.